The van der Waals surface area contributed by atoms with Gasteiger partial charge >= 0.3 is 0 Å². The Morgan fingerprint density at radius 1 is 0.821 bits per heavy atom. The molecule has 1 N–H and O–H groups in total. The molecular formula is C33H31N5O. The fourth-order valence-corrected chi connectivity index (χ4v) is 5.73. The van der Waals surface area contributed by atoms with Crippen molar-refractivity contribution in [3.63, 3.8) is 0 Å². The SMILES string of the molecule is Cc1ccc(-c2nc(C(=O)N3CCN(c4ccc5ccccc5c4)CC3)cn2-c2ccc3c(c2)CCN3)cc1. The van der Waals surface area contributed by atoms with Gasteiger partial charge < -0.3 is 15.1 Å². The van der Waals surface area contributed by atoms with Crippen LogP contribution in [0, 0.1) is 6.92 Å². The van der Waals surface area contributed by atoms with E-state index in [-0.39, 0.29) is 5.91 Å². The van der Waals surface area contributed by atoms with E-state index in [2.05, 4.69) is 107 Å². The summed E-state index contributed by atoms with van der Waals surface area (Å²) in [4.78, 5) is 22.9. The van der Waals surface area contributed by atoms with Crippen molar-refractivity contribution < 1.29 is 4.79 Å². The molecule has 0 aliphatic carbocycles. The van der Waals surface area contributed by atoms with E-state index in [1.807, 2.05) is 11.1 Å². The molecule has 4 aromatic carbocycles. The van der Waals surface area contributed by atoms with Gasteiger partial charge in [-0.2, -0.15) is 0 Å². The summed E-state index contributed by atoms with van der Waals surface area (Å²) in [5.41, 5.74) is 7.41. The Morgan fingerprint density at radius 3 is 2.41 bits per heavy atom. The van der Waals surface area contributed by atoms with Crippen molar-refractivity contribution in [2.75, 3.05) is 42.9 Å². The maximum Gasteiger partial charge on any atom is 0.274 e. The summed E-state index contributed by atoms with van der Waals surface area (Å²) in [6.07, 6.45) is 2.92. The third-order valence-electron chi connectivity index (χ3n) is 7.98. The van der Waals surface area contributed by atoms with E-state index < -0.39 is 0 Å². The standard InChI is InChI=1S/C33H31N5O/c1-23-6-8-25(9-7-23)32-35-31(22-38(32)29-12-13-30-27(21-29)14-15-34-30)33(39)37-18-16-36(17-19-37)28-11-10-24-4-2-3-5-26(24)20-28/h2-13,20-22,34H,14-19H2,1H3. The van der Waals surface area contributed by atoms with Crippen LogP contribution in [0.1, 0.15) is 21.6 Å². The van der Waals surface area contributed by atoms with Crippen molar-refractivity contribution >= 4 is 28.1 Å². The molecule has 194 valence electrons. The lowest BCUT2D eigenvalue weighted by atomic mass is 10.1. The third kappa shape index (κ3) is 4.42. The van der Waals surface area contributed by atoms with Crippen LogP contribution in [-0.4, -0.2) is 53.1 Å². The highest BCUT2D eigenvalue weighted by atomic mass is 16.2. The largest absolute Gasteiger partial charge is 0.384 e. The minimum atomic E-state index is -0.0110. The molecule has 0 unspecified atom stereocenters. The van der Waals surface area contributed by atoms with Gasteiger partial charge in [-0.3, -0.25) is 9.36 Å². The molecule has 0 radical (unpaired) electrons. The Balaban J connectivity index is 1.15. The van der Waals surface area contributed by atoms with Crippen molar-refractivity contribution in [1.29, 1.82) is 0 Å². The monoisotopic (exact) mass is 513 g/mol. The molecule has 6 nitrogen and oxygen atoms in total. The van der Waals surface area contributed by atoms with Gasteiger partial charge in [-0.15, -0.1) is 0 Å². The van der Waals surface area contributed by atoms with E-state index in [0.29, 0.717) is 18.8 Å². The average molecular weight is 514 g/mol. The lowest BCUT2D eigenvalue weighted by molar-refractivity contribution is 0.0741. The summed E-state index contributed by atoms with van der Waals surface area (Å²) < 4.78 is 2.07. The molecule has 1 aromatic heterocycles. The average Bonchev–Trinajstić information content (AvgIpc) is 3.64. The first kappa shape index (κ1) is 23.5. The second-order valence-corrected chi connectivity index (χ2v) is 10.5. The Kier molecular flexibility index (Phi) is 5.81. The van der Waals surface area contributed by atoms with Crippen molar-refractivity contribution in [3.8, 4) is 17.1 Å². The number of hydrogen-bond donors (Lipinski definition) is 1. The number of imidazole rings is 1. The summed E-state index contributed by atoms with van der Waals surface area (Å²) in [5.74, 6) is 0.780. The predicted molar refractivity (Wildman–Crippen MR) is 158 cm³/mol. The number of benzene rings is 4. The highest BCUT2D eigenvalue weighted by molar-refractivity contribution is 5.93. The van der Waals surface area contributed by atoms with Gasteiger partial charge in [0.15, 0.2) is 0 Å². The minimum absolute atomic E-state index is 0.0110. The lowest BCUT2D eigenvalue weighted by Gasteiger charge is -2.36. The first-order valence-corrected chi connectivity index (χ1v) is 13.7. The number of carbonyl (C=O) groups excluding carboxylic acids is 1. The molecule has 0 atom stereocenters. The van der Waals surface area contributed by atoms with Crippen molar-refractivity contribution in [3.05, 3.63) is 108 Å². The number of fused-ring (bicyclic) bond motifs is 2. The van der Waals surface area contributed by atoms with Crippen molar-refractivity contribution in [2.24, 2.45) is 0 Å². The zero-order valence-electron chi connectivity index (χ0n) is 22.1. The van der Waals surface area contributed by atoms with Gasteiger partial charge in [-0.25, -0.2) is 4.98 Å². The van der Waals surface area contributed by atoms with E-state index in [0.717, 1.165) is 43.1 Å². The normalized spacial score (nSPS) is 14.9. The Hall–Kier alpha value is -4.58. The van der Waals surface area contributed by atoms with E-state index in [1.165, 1.54) is 33.3 Å². The summed E-state index contributed by atoms with van der Waals surface area (Å²) in [6.45, 7) is 5.98. The number of piperazine rings is 1. The van der Waals surface area contributed by atoms with Crippen LogP contribution in [0.15, 0.2) is 91.1 Å². The topological polar surface area (TPSA) is 53.4 Å². The molecule has 7 rings (SSSR count). The summed E-state index contributed by atoms with van der Waals surface area (Å²) >= 11 is 0. The number of rotatable bonds is 4. The second kappa shape index (κ2) is 9.62. The van der Waals surface area contributed by atoms with E-state index >= 15 is 0 Å². The van der Waals surface area contributed by atoms with Crippen molar-refractivity contribution in [1.82, 2.24) is 14.5 Å². The first-order chi connectivity index (χ1) is 19.1. The molecule has 0 saturated carbocycles. The molecule has 0 spiro atoms. The number of nitrogens with zero attached hydrogens (tertiary/aromatic N) is 4. The molecule has 1 amide bonds. The van der Waals surface area contributed by atoms with E-state index in [9.17, 15) is 4.79 Å². The molecule has 2 aliphatic rings. The second-order valence-electron chi connectivity index (χ2n) is 10.5. The summed E-state index contributed by atoms with van der Waals surface area (Å²) in [6, 6.07) is 29.8. The first-order valence-electron chi connectivity index (χ1n) is 13.7. The van der Waals surface area contributed by atoms with Gasteiger partial charge in [0.2, 0.25) is 0 Å². The third-order valence-corrected chi connectivity index (χ3v) is 7.98. The molecule has 0 bridgehead atoms. The van der Waals surface area contributed by atoms with Crippen LogP contribution >= 0.6 is 0 Å². The van der Waals surface area contributed by atoms with E-state index in [1.54, 1.807) is 0 Å². The van der Waals surface area contributed by atoms with Gasteiger partial charge in [0, 0.05) is 61.5 Å². The Morgan fingerprint density at radius 2 is 1.59 bits per heavy atom. The van der Waals surface area contributed by atoms with Crippen molar-refractivity contribution in [2.45, 2.75) is 13.3 Å². The van der Waals surface area contributed by atoms with Gasteiger partial charge in [0.1, 0.15) is 11.5 Å². The Labute approximate surface area is 228 Å². The van der Waals surface area contributed by atoms with Crippen LogP contribution in [0.2, 0.25) is 0 Å². The van der Waals surface area contributed by atoms with Crippen LogP contribution in [0.3, 0.4) is 0 Å². The maximum atomic E-state index is 13.7. The summed E-state index contributed by atoms with van der Waals surface area (Å²) in [7, 11) is 0. The van der Waals surface area contributed by atoms with Gasteiger partial charge in [0.05, 0.1) is 0 Å². The van der Waals surface area contributed by atoms with Crippen LogP contribution < -0.4 is 10.2 Å². The van der Waals surface area contributed by atoms with Gasteiger partial charge in [0.25, 0.3) is 5.91 Å². The smallest absolute Gasteiger partial charge is 0.274 e. The number of nitrogens with one attached hydrogen (secondary N) is 1. The molecule has 1 fully saturated rings. The highest BCUT2D eigenvalue weighted by Crippen LogP contribution is 2.29. The number of aromatic nitrogens is 2. The zero-order valence-corrected chi connectivity index (χ0v) is 22.1. The molecule has 2 aliphatic heterocycles. The molecule has 3 heterocycles. The minimum Gasteiger partial charge on any atom is -0.384 e. The fraction of sp³-hybridized carbons (Fsp3) is 0.212. The molecule has 6 heteroatoms. The van der Waals surface area contributed by atoms with Crippen LogP contribution in [0.25, 0.3) is 27.8 Å². The number of amides is 1. The maximum absolute atomic E-state index is 13.7. The van der Waals surface area contributed by atoms with Crippen LogP contribution in [0.5, 0.6) is 0 Å². The Bertz CT molecular complexity index is 1680. The number of anilines is 2. The highest BCUT2D eigenvalue weighted by Gasteiger charge is 2.26. The van der Waals surface area contributed by atoms with Gasteiger partial charge in [-0.05, 0) is 60.0 Å². The van der Waals surface area contributed by atoms with E-state index in [4.69, 9.17) is 4.98 Å². The number of aryl methyl sites for hydroxylation is 1. The molecule has 39 heavy (non-hydrogen) atoms. The summed E-state index contributed by atoms with van der Waals surface area (Å²) in [5, 5.41) is 5.92. The van der Waals surface area contributed by atoms with Crippen LogP contribution in [0.4, 0.5) is 11.4 Å². The van der Waals surface area contributed by atoms with Gasteiger partial charge in [-0.1, -0.05) is 60.2 Å². The predicted octanol–water partition coefficient (Wildman–Crippen LogP) is 5.93. The lowest BCUT2D eigenvalue weighted by Crippen LogP contribution is -2.48. The van der Waals surface area contributed by atoms with Crippen LogP contribution in [-0.2, 0) is 6.42 Å². The molecule has 5 aromatic rings. The quantitative estimate of drug-likeness (QED) is 0.324. The number of hydrogen-bond acceptors (Lipinski definition) is 4. The zero-order chi connectivity index (χ0) is 26.3. The number of carbonyl (C=O) groups is 1. The fourth-order valence-electron chi connectivity index (χ4n) is 5.73. The molecule has 1 saturated heterocycles. The molecular weight excluding hydrogens is 482 g/mol.